The highest BCUT2D eigenvalue weighted by Crippen LogP contribution is 2.28. The number of aromatic nitrogens is 1. The van der Waals surface area contributed by atoms with Crippen LogP contribution >= 0.6 is 0 Å². The number of hydrogen-bond donors (Lipinski definition) is 2. The third kappa shape index (κ3) is 2.40. The van der Waals surface area contributed by atoms with Crippen LogP contribution in [0.1, 0.15) is 28.4 Å². The van der Waals surface area contributed by atoms with E-state index in [4.69, 9.17) is 5.11 Å². The van der Waals surface area contributed by atoms with E-state index >= 15 is 0 Å². The fourth-order valence-corrected chi connectivity index (χ4v) is 2.65. The normalized spacial score (nSPS) is 10.6. The molecule has 0 spiro atoms. The molecule has 5 heteroatoms. The van der Waals surface area contributed by atoms with Crippen LogP contribution in [-0.2, 0) is 6.42 Å². The van der Waals surface area contributed by atoms with Crippen LogP contribution in [0.2, 0.25) is 0 Å². The van der Waals surface area contributed by atoms with E-state index in [1.165, 1.54) is 12.1 Å². The number of phenols is 1. The molecule has 0 atom stereocenters. The van der Waals surface area contributed by atoms with E-state index in [0.29, 0.717) is 11.3 Å². The lowest BCUT2D eigenvalue weighted by molar-refractivity contribution is 0.0694. The molecule has 0 amide bonds. The molecule has 0 unspecified atom stereocenters. The van der Waals surface area contributed by atoms with E-state index in [-0.39, 0.29) is 11.3 Å². The van der Waals surface area contributed by atoms with E-state index in [2.05, 4.69) is 6.07 Å². The van der Waals surface area contributed by atoms with Crippen molar-refractivity contribution in [2.75, 3.05) is 0 Å². The molecule has 0 aliphatic heterocycles. The molecule has 0 aliphatic carbocycles. The Labute approximate surface area is 132 Å². The van der Waals surface area contributed by atoms with Crippen LogP contribution in [-0.4, -0.2) is 20.7 Å². The highest BCUT2D eigenvalue weighted by atomic mass is 16.4. The summed E-state index contributed by atoms with van der Waals surface area (Å²) in [5, 5.41) is 29.1. The van der Waals surface area contributed by atoms with Crippen molar-refractivity contribution in [2.24, 2.45) is 0 Å². The maximum Gasteiger partial charge on any atom is 0.339 e. The minimum absolute atomic E-state index is 0.154. The van der Waals surface area contributed by atoms with E-state index < -0.39 is 5.97 Å². The molecule has 0 saturated carbocycles. The zero-order chi connectivity index (χ0) is 16.6. The predicted molar refractivity (Wildman–Crippen MR) is 86.0 cm³/mol. The maximum atomic E-state index is 11.0. The molecule has 0 saturated heterocycles. The Balaban J connectivity index is 2.23. The Hall–Kier alpha value is -3.26. The number of benzene rings is 2. The lowest BCUT2D eigenvalue weighted by atomic mass is 10.1. The van der Waals surface area contributed by atoms with Crippen LogP contribution in [0.5, 0.6) is 5.75 Å². The van der Waals surface area contributed by atoms with Crippen LogP contribution in [0, 0.1) is 11.3 Å². The number of nitrogens with zero attached hydrogens (tertiary/aromatic N) is 2. The molecule has 0 aliphatic rings. The van der Waals surface area contributed by atoms with Gasteiger partial charge in [-0.1, -0.05) is 13.0 Å². The van der Waals surface area contributed by atoms with Crippen LogP contribution in [0.15, 0.2) is 42.6 Å². The van der Waals surface area contributed by atoms with Gasteiger partial charge in [-0.2, -0.15) is 5.26 Å². The molecule has 114 valence electrons. The SMILES string of the molecule is CCc1ccc2c(c1)c(C#N)cn2-c1ccc(C(=O)O)c(O)c1. The van der Waals surface area contributed by atoms with Crippen molar-refractivity contribution < 1.29 is 15.0 Å². The Morgan fingerprint density at radius 2 is 2.04 bits per heavy atom. The molecule has 2 aromatic carbocycles. The molecule has 23 heavy (non-hydrogen) atoms. The quantitative estimate of drug-likeness (QED) is 0.775. The van der Waals surface area contributed by atoms with Crippen LogP contribution < -0.4 is 0 Å². The van der Waals surface area contributed by atoms with Crippen LogP contribution in [0.3, 0.4) is 0 Å². The van der Waals surface area contributed by atoms with Gasteiger partial charge in [-0.15, -0.1) is 0 Å². The van der Waals surface area contributed by atoms with Gasteiger partial charge < -0.3 is 14.8 Å². The number of aromatic carboxylic acids is 1. The average molecular weight is 306 g/mol. The first kappa shape index (κ1) is 14.7. The number of carbonyl (C=O) groups is 1. The lowest BCUT2D eigenvalue weighted by Crippen LogP contribution is -1.99. The average Bonchev–Trinajstić information content (AvgIpc) is 2.92. The topological polar surface area (TPSA) is 86.2 Å². The number of rotatable bonds is 3. The van der Waals surface area contributed by atoms with Gasteiger partial charge in [-0.3, -0.25) is 0 Å². The fourth-order valence-electron chi connectivity index (χ4n) is 2.65. The predicted octanol–water partition coefficient (Wildman–Crippen LogP) is 3.47. The molecular formula is C18H14N2O3. The molecule has 0 radical (unpaired) electrons. The summed E-state index contributed by atoms with van der Waals surface area (Å²) in [6, 6.07) is 12.4. The standard InChI is InChI=1S/C18H14N2O3/c1-2-11-3-6-16-15(7-11)12(9-19)10-20(16)13-4-5-14(18(22)23)17(21)8-13/h3-8,10,21H,2H2,1H3,(H,22,23). The van der Waals surface area contributed by atoms with Gasteiger partial charge in [0, 0.05) is 23.3 Å². The minimum atomic E-state index is -1.18. The van der Waals surface area contributed by atoms with Gasteiger partial charge in [-0.05, 0) is 36.2 Å². The van der Waals surface area contributed by atoms with Crippen molar-refractivity contribution in [3.8, 4) is 17.5 Å². The molecule has 0 bridgehead atoms. The summed E-state index contributed by atoms with van der Waals surface area (Å²) < 4.78 is 1.78. The van der Waals surface area contributed by atoms with Crippen molar-refractivity contribution in [3.05, 3.63) is 59.3 Å². The van der Waals surface area contributed by atoms with Gasteiger partial charge in [0.15, 0.2) is 0 Å². The van der Waals surface area contributed by atoms with Gasteiger partial charge in [0.05, 0.1) is 11.1 Å². The molecule has 5 nitrogen and oxygen atoms in total. The molecule has 2 N–H and O–H groups in total. The van der Waals surface area contributed by atoms with Crippen LogP contribution in [0.25, 0.3) is 16.6 Å². The largest absolute Gasteiger partial charge is 0.507 e. The second kappa shape index (κ2) is 5.50. The van der Waals surface area contributed by atoms with Crippen LogP contribution in [0.4, 0.5) is 0 Å². The number of hydrogen-bond acceptors (Lipinski definition) is 3. The molecule has 1 aromatic heterocycles. The highest BCUT2D eigenvalue weighted by molar-refractivity contribution is 5.92. The first-order valence-electron chi connectivity index (χ1n) is 7.16. The minimum Gasteiger partial charge on any atom is -0.507 e. The molecule has 3 aromatic rings. The number of carboxylic acids is 1. The summed E-state index contributed by atoms with van der Waals surface area (Å²) in [5.41, 5.74) is 2.95. The summed E-state index contributed by atoms with van der Waals surface area (Å²) in [6.45, 7) is 2.05. The highest BCUT2D eigenvalue weighted by Gasteiger charge is 2.14. The Kier molecular flexibility index (Phi) is 3.51. The second-order valence-electron chi connectivity index (χ2n) is 5.24. The smallest absolute Gasteiger partial charge is 0.339 e. The molecule has 3 rings (SSSR count). The van der Waals surface area contributed by atoms with Gasteiger partial charge in [0.2, 0.25) is 0 Å². The van der Waals surface area contributed by atoms with E-state index in [1.807, 2.05) is 25.1 Å². The lowest BCUT2D eigenvalue weighted by Gasteiger charge is -2.08. The summed E-state index contributed by atoms with van der Waals surface area (Å²) >= 11 is 0. The Bertz CT molecular complexity index is 964. The molecular weight excluding hydrogens is 292 g/mol. The van der Waals surface area contributed by atoms with Gasteiger partial charge in [0.1, 0.15) is 17.4 Å². The van der Waals surface area contributed by atoms with Crippen molar-refractivity contribution in [1.29, 1.82) is 5.26 Å². The number of fused-ring (bicyclic) bond motifs is 1. The third-order valence-electron chi connectivity index (χ3n) is 3.89. The van der Waals surface area contributed by atoms with Crippen molar-refractivity contribution in [1.82, 2.24) is 4.57 Å². The van der Waals surface area contributed by atoms with Crippen molar-refractivity contribution >= 4 is 16.9 Å². The van der Waals surface area contributed by atoms with Gasteiger partial charge >= 0.3 is 5.97 Å². The number of nitriles is 1. The third-order valence-corrected chi connectivity index (χ3v) is 3.89. The number of carboxylic acid groups (broad SMARTS) is 1. The Morgan fingerprint density at radius 3 is 2.65 bits per heavy atom. The summed E-state index contributed by atoms with van der Waals surface area (Å²) in [5.74, 6) is -1.49. The van der Waals surface area contributed by atoms with Gasteiger partial charge in [-0.25, -0.2) is 4.79 Å². The fraction of sp³-hybridized carbons (Fsp3) is 0.111. The zero-order valence-corrected chi connectivity index (χ0v) is 12.4. The monoisotopic (exact) mass is 306 g/mol. The van der Waals surface area contributed by atoms with Crippen molar-refractivity contribution in [2.45, 2.75) is 13.3 Å². The Morgan fingerprint density at radius 1 is 1.26 bits per heavy atom. The molecule has 1 heterocycles. The first-order valence-corrected chi connectivity index (χ1v) is 7.16. The van der Waals surface area contributed by atoms with E-state index in [0.717, 1.165) is 22.9 Å². The zero-order valence-electron chi connectivity index (χ0n) is 12.4. The first-order chi connectivity index (χ1) is 11.0. The summed E-state index contributed by atoms with van der Waals surface area (Å²) in [7, 11) is 0. The summed E-state index contributed by atoms with van der Waals surface area (Å²) in [4.78, 5) is 11.0. The summed E-state index contributed by atoms with van der Waals surface area (Å²) in [6.07, 6.45) is 2.57. The van der Waals surface area contributed by atoms with Crippen molar-refractivity contribution in [3.63, 3.8) is 0 Å². The van der Waals surface area contributed by atoms with E-state index in [1.54, 1.807) is 16.8 Å². The second-order valence-corrected chi connectivity index (χ2v) is 5.24. The van der Waals surface area contributed by atoms with E-state index in [9.17, 15) is 15.2 Å². The maximum absolute atomic E-state index is 11.0. The molecule has 0 fully saturated rings. The number of aryl methyl sites for hydroxylation is 1. The van der Waals surface area contributed by atoms with Gasteiger partial charge in [0.25, 0.3) is 0 Å². The number of aromatic hydroxyl groups is 1.